The van der Waals surface area contributed by atoms with E-state index in [0.29, 0.717) is 18.5 Å². The van der Waals surface area contributed by atoms with E-state index in [1.165, 1.54) is 11.3 Å². The molecule has 1 aromatic carbocycles. The maximum absolute atomic E-state index is 12.2. The van der Waals surface area contributed by atoms with Gasteiger partial charge >= 0.3 is 0 Å². The fourth-order valence-electron chi connectivity index (χ4n) is 3.16. The van der Waals surface area contributed by atoms with Crippen LogP contribution in [0.25, 0.3) is 0 Å². The molecular formula is C16H15N3O2S. The van der Waals surface area contributed by atoms with Crippen LogP contribution in [0.3, 0.4) is 0 Å². The van der Waals surface area contributed by atoms with Crippen LogP contribution in [0.15, 0.2) is 41.1 Å². The summed E-state index contributed by atoms with van der Waals surface area (Å²) < 4.78 is 0. The lowest BCUT2D eigenvalue weighted by atomic mass is 10.1. The van der Waals surface area contributed by atoms with Crippen LogP contribution in [-0.4, -0.2) is 30.4 Å². The van der Waals surface area contributed by atoms with E-state index in [0.717, 1.165) is 11.4 Å². The first-order valence-electron chi connectivity index (χ1n) is 7.22. The maximum Gasteiger partial charge on any atom is 0.252 e. The zero-order chi connectivity index (χ0) is 15.1. The number of para-hydroxylation sites is 2. The van der Waals surface area contributed by atoms with Gasteiger partial charge in [-0.25, -0.2) is 0 Å². The molecule has 2 atom stereocenters. The molecule has 0 bridgehead atoms. The van der Waals surface area contributed by atoms with Gasteiger partial charge in [-0.15, -0.1) is 0 Å². The molecule has 2 aliphatic heterocycles. The summed E-state index contributed by atoms with van der Waals surface area (Å²) in [7, 11) is 0. The number of fused-ring (bicyclic) bond motifs is 3. The van der Waals surface area contributed by atoms with E-state index >= 15 is 0 Å². The van der Waals surface area contributed by atoms with Gasteiger partial charge in [0.2, 0.25) is 5.91 Å². The van der Waals surface area contributed by atoms with Crippen molar-refractivity contribution < 1.29 is 9.59 Å². The average Bonchev–Trinajstić information content (AvgIpc) is 3.17. The Kier molecular flexibility index (Phi) is 3.11. The van der Waals surface area contributed by atoms with Crippen LogP contribution in [-0.2, 0) is 4.79 Å². The van der Waals surface area contributed by atoms with Crippen LogP contribution in [0.2, 0.25) is 0 Å². The van der Waals surface area contributed by atoms with Gasteiger partial charge in [0.25, 0.3) is 5.91 Å². The lowest BCUT2D eigenvalue weighted by Crippen LogP contribution is -2.44. The van der Waals surface area contributed by atoms with Crippen LogP contribution in [0.4, 0.5) is 11.4 Å². The molecule has 5 nitrogen and oxygen atoms in total. The fourth-order valence-corrected chi connectivity index (χ4v) is 3.80. The van der Waals surface area contributed by atoms with Crippen molar-refractivity contribution in [3.63, 3.8) is 0 Å². The highest BCUT2D eigenvalue weighted by molar-refractivity contribution is 7.08. The highest BCUT2D eigenvalue weighted by Gasteiger charge is 2.41. The molecule has 2 N–H and O–H groups in total. The number of amides is 2. The summed E-state index contributed by atoms with van der Waals surface area (Å²) in [6.07, 6.45) is 0.635. The molecule has 6 heteroatoms. The third-order valence-electron chi connectivity index (χ3n) is 4.19. The first kappa shape index (κ1) is 13.3. The minimum Gasteiger partial charge on any atom is -0.356 e. The minimum atomic E-state index is -0.206. The van der Waals surface area contributed by atoms with E-state index in [1.807, 2.05) is 41.1 Å². The van der Waals surface area contributed by atoms with Crippen molar-refractivity contribution in [3.05, 3.63) is 46.7 Å². The number of anilines is 2. The van der Waals surface area contributed by atoms with E-state index in [1.54, 1.807) is 0 Å². The van der Waals surface area contributed by atoms with Crippen LogP contribution < -0.4 is 15.5 Å². The molecule has 112 valence electrons. The molecule has 0 radical (unpaired) electrons. The van der Waals surface area contributed by atoms with Gasteiger partial charge in [0.15, 0.2) is 0 Å². The molecule has 0 aliphatic carbocycles. The molecular weight excluding hydrogens is 298 g/mol. The number of nitrogens with one attached hydrogen (secondary N) is 2. The first-order chi connectivity index (χ1) is 10.7. The van der Waals surface area contributed by atoms with Crippen molar-refractivity contribution in [3.8, 4) is 0 Å². The van der Waals surface area contributed by atoms with Crippen molar-refractivity contribution in [1.29, 1.82) is 0 Å². The van der Waals surface area contributed by atoms with Gasteiger partial charge in [-0.2, -0.15) is 11.3 Å². The molecule has 2 unspecified atom stereocenters. The van der Waals surface area contributed by atoms with Crippen LogP contribution >= 0.6 is 11.3 Å². The van der Waals surface area contributed by atoms with E-state index in [9.17, 15) is 9.59 Å². The Morgan fingerprint density at radius 2 is 2.18 bits per heavy atom. The Bertz CT molecular complexity index is 729. The summed E-state index contributed by atoms with van der Waals surface area (Å²) in [5.41, 5.74) is 2.55. The summed E-state index contributed by atoms with van der Waals surface area (Å²) in [6.45, 7) is 0.658. The molecule has 1 fully saturated rings. The highest BCUT2D eigenvalue weighted by Crippen LogP contribution is 2.36. The zero-order valence-corrected chi connectivity index (χ0v) is 12.6. The highest BCUT2D eigenvalue weighted by atomic mass is 32.1. The number of hydrogen-bond acceptors (Lipinski definition) is 4. The summed E-state index contributed by atoms with van der Waals surface area (Å²) in [4.78, 5) is 26.5. The van der Waals surface area contributed by atoms with E-state index in [-0.39, 0.29) is 23.9 Å². The molecule has 2 aliphatic rings. The largest absolute Gasteiger partial charge is 0.356 e. The van der Waals surface area contributed by atoms with Gasteiger partial charge in [0, 0.05) is 23.5 Å². The molecule has 4 rings (SSSR count). The molecule has 2 aromatic rings. The monoisotopic (exact) mass is 313 g/mol. The number of rotatable bonds is 2. The second kappa shape index (κ2) is 5.14. The van der Waals surface area contributed by atoms with Crippen molar-refractivity contribution in [1.82, 2.24) is 5.32 Å². The summed E-state index contributed by atoms with van der Waals surface area (Å²) >= 11 is 1.50. The third-order valence-corrected chi connectivity index (χ3v) is 4.88. The topological polar surface area (TPSA) is 61.4 Å². The number of carbonyl (C=O) groups excluding carboxylic acids is 2. The molecule has 22 heavy (non-hydrogen) atoms. The zero-order valence-electron chi connectivity index (χ0n) is 11.8. The standard InChI is InChI=1S/C16H15N3O2S/c20-15(10-5-6-22-9-10)17-11-7-14-16(21)18-12-3-1-2-4-13(12)19(14)8-11/h1-6,9,11,14H,7-8H2,(H,17,20)(H,18,21). The van der Waals surface area contributed by atoms with Gasteiger partial charge in [-0.3, -0.25) is 9.59 Å². The predicted molar refractivity (Wildman–Crippen MR) is 86.4 cm³/mol. The van der Waals surface area contributed by atoms with Gasteiger partial charge in [0.05, 0.1) is 11.4 Å². The second-order valence-corrected chi connectivity index (χ2v) is 6.37. The lowest BCUT2D eigenvalue weighted by Gasteiger charge is -2.32. The predicted octanol–water partition coefficient (Wildman–Crippen LogP) is 2.08. The van der Waals surface area contributed by atoms with Crippen molar-refractivity contribution in [2.75, 3.05) is 16.8 Å². The van der Waals surface area contributed by atoms with Crippen molar-refractivity contribution in [2.45, 2.75) is 18.5 Å². The molecule has 2 amide bonds. The van der Waals surface area contributed by atoms with E-state index in [4.69, 9.17) is 0 Å². The van der Waals surface area contributed by atoms with E-state index in [2.05, 4.69) is 15.5 Å². The SMILES string of the molecule is O=C(NC1CC2C(=O)Nc3ccccc3N2C1)c1ccsc1. The lowest BCUT2D eigenvalue weighted by molar-refractivity contribution is -0.117. The number of benzene rings is 1. The van der Waals surface area contributed by atoms with Crippen molar-refractivity contribution >= 4 is 34.5 Å². The van der Waals surface area contributed by atoms with Gasteiger partial charge in [-0.1, -0.05) is 12.1 Å². The van der Waals surface area contributed by atoms with Gasteiger partial charge in [0.1, 0.15) is 6.04 Å². The van der Waals surface area contributed by atoms with E-state index < -0.39 is 0 Å². The Morgan fingerprint density at radius 1 is 1.32 bits per heavy atom. The average molecular weight is 313 g/mol. The summed E-state index contributed by atoms with van der Waals surface area (Å²) in [5.74, 6) is -0.0641. The Hall–Kier alpha value is -2.34. The first-order valence-corrected chi connectivity index (χ1v) is 8.16. The molecule has 0 saturated carbocycles. The minimum absolute atomic E-state index is 0.00554. The number of nitrogens with zero attached hydrogens (tertiary/aromatic N) is 1. The fraction of sp³-hybridized carbons (Fsp3) is 0.250. The van der Waals surface area contributed by atoms with Crippen LogP contribution in [0, 0.1) is 0 Å². The smallest absolute Gasteiger partial charge is 0.252 e. The summed E-state index contributed by atoms with van der Waals surface area (Å²) in [5, 5.41) is 9.69. The summed E-state index contributed by atoms with van der Waals surface area (Å²) in [6, 6.07) is 9.36. The Morgan fingerprint density at radius 3 is 3.00 bits per heavy atom. The van der Waals surface area contributed by atoms with Crippen LogP contribution in [0.5, 0.6) is 0 Å². The third kappa shape index (κ3) is 2.16. The number of thiophene rings is 1. The molecule has 1 saturated heterocycles. The molecule has 3 heterocycles. The van der Waals surface area contributed by atoms with Crippen LogP contribution in [0.1, 0.15) is 16.8 Å². The molecule has 1 aromatic heterocycles. The van der Waals surface area contributed by atoms with Gasteiger partial charge < -0.3 is 15.5 Å². The second-order valence-electron chi connectivity index (χ2n) is 5.59. The number of carbonyl (C=O) groups is 2. The van der Waals surface area contributed by atoms with Crippen molar-refractivity contribution in [2.24, 2.45) is 0 Å². The normalized spacial score (nSPS) is 22.7. The van der Waals surface area contributed by atoms with Gasteiger partial charge in [-0.05, 0) is 30.0 Å². The Balaban J connectivity index is 1.54. The maximum atomic E-state index is 12.2. The molecule has 0 spiro atoms. The number of hydrogen-bond donors (Lipinski definition) is 2. The quantitative estimate of drug-likeness (QED) is 0.892. The Labute approximate surface area is 131 Å².